The highest BCUT2D eigenvalue weighted by molar-refractivity contribution is 6.33. The minimum absolute atomic E-state index is 0.0611. The number of non-ortho nitro benzene ring substituents is 1. The number of benzene rings is 2. The largest absolute Gasteiger partial charge is 0.354 e. The van der Waals surface area contributed by atoms with Gasteiger partial charge in [0.05, 0.1) is 21.2 Å². The van der Waals surface area contributed by atoms with Crippen LogP contribution in [0.5, 0.6) is 0 Å². The number of amides is 1. The molecule has 0 saturated heterocycles. The van der Waals surface area contributed by atoms with Crippen molar-refractivity contribution in [2.75, 3.05) is 16.8 Å². The molecule has 1 N–H and O–H groups in total. The van der Waals surface area contributed by atoms with E-state index in [-0.39, 0.29) is 16.6 Å². The number of nitrogens with zero attached hydrogens (tertiary/aromatic N) is 3. The lowest BCUT2D eigenvalue weighted by molar-refractivity contribution is -0.384. The summed E-state index contributed by atoms with van der Waals surface area (Å²) in [6, 6.07) is 13.5. The molecule has 1 aliphatic rings. The molecule has 0 unspecified atom stereocenters. The zero-order chi connectivity index (χ0) is 19.7. The average Bonchev–Trinajstić information content (AvgIpc) is 3.12. The molecule has 0 spiro atoms. The highest BCUT2D eigenvalue weighted by Crippen LogP contribution is 2.34. The minimum Gasteiger partial charge on any atom is -0.354 e. The highest BCUT2D eigenvalue weighted by atomic mass is 35.5. The molecule has 0 saturated carbocycles. The number of carbonyl (C=O) groups excluding carboxylic acids is 1. The molecule has 140 valence electrons. The van der Waals surface area contributed by atoms with Crippen molar-refractivity contribution in [3.8, 4) is 0 Å². The molecule has 0 fully saturated rings. The molecule has 28 heavy (non-hydrogen) atoms. The van der Waals surface area contributed by atoms with Gasteiger partial charge in [-0.3, -0.25) is 19.9 Å². The lowest BCUT2D eigenvalue weighted by atomic mass is 10.1. The Morgan fingerprint density at radius 3 is 2.79 bits per heavy atom. The average molecular weight is 395 g/mol. The Balaban J connectivity index is 1.56. The number of nitro benzene ring substituents is 1. The van der Waals surface area contributed by atoms with E-state index in [0.29, 0.717) is 17.8 Å². The Morgan fingerprint density at radius 2 is 2.07 bits per heavy atom. The number of nitrogens with one attached hydrogen (secondary N) is 1. The molecule has 7 nitrogen and oxygen atoms in total. The highest BCUT2D eigenvalue weighted by Gasteiger charge is 2.26. The Labute approximate surface area is 165 Å². The molecular weight excluding hydrogens is 380 g/mol. The van der Waals surface area contributed by atoms with Gasteiger partial charge in [0.1, 0.15) is 0 Å². The van der Waals surface area contributed by atoms with Gasteiger partial charge in [0, 0.05) is 42.4 Å². The lowest BCUT2D eigenvalue weighted by Gasteiger charge is -2.17. The molecule has 1 aliphatic heterocycles. The minimum atomic E-state index is -0.487. The summed E-state index contributed by atoms with van der Waals surface area (Å²) in [4.78, 5) is 28.8. The zero-order valence-corrected chi connectivity index (χ0v) is 15.4. The summed E-state index contributed by atoms with van der Waals surface area (Å²) in [6.07, 6.45) is 3.94. The molecule has 3 aromatic rings. The molecule has 0 atom stereocenters. The summed E-state index contributed by atoms with van der Waals surface area (Å²) in [5, 5.41) is 14.3. The van der Waals surface area contributed by atoms with E-state index in [9.17, 15) is 14.9 Å². The second-order valence-corrected chi connectivity index (χ2v) is 6.75. The van der Waals surface area contributed by atoms with Crippen molar-refractivity contribution in [2.45, 2.75) is 6.42 Å². The number of carbonyl (C=O) groups is 1. The lowest BCUT2D eigenvalue weighted by Crippen LogP contribution is -2.28. The van der Waals surface area contributed by atoms with Crippen LogP contribution in [0.1, 0.15) is 15.9 Å². The van der Waals surface area contributed by atoms with Crippen LogP contribution in [0.2, 0.25) is 5.02 Å². The van der Waals surface area contributed by atoms with Gasteiger partial charge in [-0.15, -0.1) is 0 Å². The van der Waals surface area contributed by atoms with Gasteiger partial charge in [-0.1, -0.05) is 11.6 Å². The van der Waals surface area contributed by atoms with Crippen LogP contribution in [0.4, 0.5) is 22.7 Å². The van der Waals surface area contributed by atoms with E-state index in [1.54, 1.807) is 35.5 Å². The van der Waals surface area contributed by atoms with Crippen molar-refractivity contribution in [1.82, 2.24) is 4.98 Å². The summed E-state index contributed by atoms with van der Waals surface area (Å²) in [5.74, 6) is -0.0778. The number of nitro groups is 1. The predicted octanol–water partition coefficient (Wildman–Crippen LogP) is 4.59. The van der Waals surface area contributed by atoms with Crippen LogP contribution in [-0.4, -0.2) is 22.4 Å². The van der Waals surface area contributed by atoms with Crippen molar-refractivity contribution in [1.29, 1.82) is 0 Å². The van der Waals surface area contributed by atoms with Gasteiger partial charge < -0.3 is 10.2 Å². The molecule has 1 aromatic heterocycles. The second-order valence-electron chi connectivity index (χ2n) is 6.34. The van der Waals surface area contributed by atoms with Gasteiger partial charge in [-0.05, 0) is 48.4 Å². The summed E-state index contributed by atoms with van der Waals surface area (Å²) >= 11 is 6.15. The second kappa shape index (κ2) is 7.28. The van der Waals surface area contributed by atoms with E-state index >= 15 is 0 Å². The van der Waals surface area contributed by atoms with Gasteiger partial charge >= 0.3 is 0 Å². The fraction of sp³-hybridized carbons (Fsp3) is 0.100. The number of anilines is 3. The first-order valence-electron chi connectivity index (χ1n) is 8.59. The van der Waals surface area contributed by atoms with E-state index in [1.165, 1.54) is 12.1 Å². The third-order valence-electron chi connectivity index (χ3n) is 4.57. The SMILES string of the molecule is O=C(c1cccnc1)N1CCc2cc(Nc3ccc([N+](=O)[O-])cc3Cl)ccc21. The van der Waals surface area contributed by atoms with Crippen LogP contribution in [0.3, 0.4) is 0 Å². The Hall–Kier alpha value is -3.45. The number of hydrogen-bond donors (Lipinski definition) is 1. The third kappa shape index (κ3) is 3.39. The number of halogens is 1. The van der Waals surface area contributed by atoms with Crippen molar-refractivity contribution in [3.63, 3.8) is 0 Å². The van der Waals surface area contributed by atoms with Crippen LogP contribution in [0.15, 0.2) is 60.9 Å². The number of pyridine rings is 1. The van der Waals surface area contributed by atoms with Gasteiger partial charge in [-0.2, -0.15) is 0 Å². The van der Waals surface area contributed by atoms with E-state index < -0.39 is 4.92 Å². The number of aromatic nitrogens is 1. The summed E-state index contributed by atoms with van der Waals surface area (Å²) < 4.78 is 0. The fourth-order valence-corrected chi connectivity index (χ4v) is 3.43. The third-order valence-corrected chi connectivity index (χ3v) is 4.88. The molecule has 0 aliphatic carbocycles. The Bertz CT molecular complexity index is 1070. The van der Waals surface area contributed by atoms with Gasteiger partial charge in [0.25, 0.3) is 11.6 Å². The molecule has 4 rings (SSSR count). The smallest absolute Gasteiger partial charge is 0.271 e. The van der Waals surface area contributed by atoms with Crippen LogP contribution < -0.4 is 10.2 Å². The van der Waals surface area contributed by atoms with E-state index in [2.05, 4.69) is 10.3 Å². The Kier molecular flexibility index (Phi) is 4.67. The first-order valence-corrected chi connectivity index (χ1v) is 8.96. The quantitative estimate of drug-likeness (QED) is 0.516. The molecule has 0 radical (unpaired) electrons. The topological polar surface area (TPSA) is 88.4 Å². The van der Waals surface area contributed by atoms with Crippen molar-refractivity contribution >= 4 is 40.3 Å². The fourth-order valence-electron chi connectivity index (χ4n) is 3.21. The maximum Gasteiger partial charge on any atom is 0.271 e. The molecule has 2 heterocycles. The van der Waals surface area contributed by atoms with E-state index in [1.807, 2.05) is 18.2 Å². The van der Waals surface area contributed by atoms with E-state index in [0.717, 1.165) is 23.4 Å². The first kappa shape index (κ1) is 17.9. The van der Waals surface area contributed by atoms with Crippen molar-refractivity contribution in [3.05, 3.63) is 87.2 Å². The first-order chi connectivity index (χ1) is 13.5. The molecule has 8 heteroatoms. The standard InChI is InChI=1S/C20H15ClN4O3/c21-17-11-16(25(27)28)4-5-18(17)23-15-3-6-19-13(10-15)7-9-24(19)20(26)14-2-1-8-22-12-14/h1-6,8,10-12,23H,7,9H2. The van der Waals surface area contributed by atoms with Gasteiger partial charge in [0.2, 0.25) is 0 Å². The maximum absolute atomic E-state index is 12.7. The molecule has 1 amide bonds. The zero-order valence-electron chi connectivity index (χ0n) is 14.6. The van der Waals surface area contributed by atoms with Crippen LogP contribution in [0.25, 0.3) is 0 Å². The van der Waals surface area contributed by atoms with Crippen LogP contribution in [-0.2, 0) is 6.42 Å². The maximum atomic E-state index is 12.7. The van der Waals surface area contributed by atoms with Crippen LogP contribution >= 0.6 is 11.6 Å². The Morgan fingerprint density at radius 1 is 1.21 bits per heavy atom. The number of fused-ring (bicyclic) bond motifs is 1. The van der Waals surface area contributed by atoms with Crippen molar-refractivity contribution < 1.29 is 9.72 Å². The molecule has 0 bridgehead atoms. The normalized spacial score (nSPS) is 12.5. The van der Waals surface area contributed by atoms with Gasteiger partial charge in [-0.25, -0.2) is 0 Å². The van der Waals surface area contributed by atoms with Crippen molar-refractivity contribution in [2.24, 2.45) is 0 Å². The summed E-state index contributed by atoms with van der Waals surface area (Å²) in [7, 11) is 0. The monoisotopic (exact) mass is 394 g/mol. The number of rotatable bonds is 4. The predicted molar refractivity (Wildman–Crippen MR) is 107 cm³/mol. The number of hydrogen-bond acceptors (Lipinski definition) is 5. The van der Waals surface area contributed by atoms with E-state index in [4.69, 9.17) is 11.6 Å². The van der Waals surface area contributed by atoms with Crippen LogP contribution in [0, 0.1) is 10.1 Å². The molecule has 2 aromatic carbocycles. The summed E-state index contributed by atoms with van der Waals surface area (Å²) in [5.41, 5.74) is 3.78. The van der Waals surface area contributed by atoms with Gasteiger partial charge in [0.15, 0.2) is 0 Å². The summed E-state index contributed by atoms with van der Waals surface area (Å²) in [6.45, 7) is 0.602. The molecular formula is C20H15ClN4O3.